The van der Waals surface area contributed by atoms with E-state index in [9.17, 15) is 4.39 Å². The predicted octanol–water partition coefficient (Wildman–Crippen LogP) is 2.07. The number of nitrogens with two attached hydrogens (primary N) is 1. The lowest BCUT2D eigenvalue weighted by molar-refractivity contribution is 0.437. The van der Waals surface area contributed by atoms with Crippen LogP contribution in [0, 0.1) is 6.92 Å². The van der Waals surface area contributed by atoms with E-state index < -0.39 is 0 Å². The van der Waals surface area contributed by atoms with Gasteiger partial charge >= 0.3 is 0 Å². The molecule has 1 aromatic rings. The zero-order chi connectivity index (χ0) is 8.27. The van der Waals surface area contributed by atoms with Crippen LogP contribution in [0.1, 0.15) is 16.4 Å². The number of halogens is 1. The Bertz CT molecular complexity index is 218. The molecular weight excluding hydrogens is 161 g/mol. The number of rotatable bonds is 3. The van der Waals surface area contributed by atoms with Crippen molar-refractivity contribution >= 4 is 11.3 Å². The molecule has 1 nitrogen and oxygen atoms in total. The van der Waals surface area contributed by atoms with Crippen LogP contribution in [0.3, 0.4) is 0 Å². The highest BCUT2D eigenvalue weighted by atomic mass is 32.1. The minimum absolute atomic E-state index is 0.0880. The first-order chi connectivity index (χ1) is 5.29. The number of hydrogen-bond donors (Lipinski definition) is 1. The van der Waals surface area contributed by atoms with Gasteiger partial charge in [-0.2, -0.15) is 0 Å². The molecule has 0 aliphatic rings. The molecule has 1 aromatic heterocycles. The summed E-state index contributed by atoms with van der Waals surface area (Å²) in [6.45, 7) is 2.04. The first kappa shape index (κ1) is 8.68. The van der Waals surface area contributed by atoms with Crippen LogP contribution in [0.2, 0.25) is 0 Å². The Balaban J connectivity index is 2.81. The molecule has 0 fully saturated rings. The molecule has 0 spiro atoms. The van der Waals surface area contributed by atoms with E-state index in [2.05, 4.69) is 0 Å². The van der Waals surface area contributed by atoms with Crippen molar-refractivity contribution in [2.75, 3.05) is 13.2 Å². The van der Waals surface area contributed by atoms with Crippen LogP contribution < -0.4 is 5.73 Å². The first-order valence-electron chi connectivity index (χ1n) is 3.59. The Labute approximate surface area is 70.0 Å². The summed E-state index contributed by atoms with van der Waals surface area (Å²) in [6, 6.07) is 2.00. The first-order valence-corrected chi connectivity index (χ1v) is 4.47. The Morgan fingerprint density at radius 3 is 2.82 bits per heavy atom. The number of thiophene rings is 1. The fourth-order valence-electron chi connectivity index (χ4n) is 1.04. The highest BCUT2D eigenvalue weighted by molar-refractivity contribution is 7.10. The van der Waals surface area contributed by atoms with Crippen molar-refractivity contribution in [1.29, 1.82) is 0 Å². The maximum atomic E-state index is 12.3. The van der Waals surface area contributed by atoms with Gasteiger partial charge in [-0.15, -0.1) is 11.3 Å². The van der Waals surface area contributed by atoms with Crippen LogP contribution in [-0.4, -0.2) is 13.2 Å². The van der Waals surface area contributed by atoms with Gasteiger partial charge in [-0.25, -0.2) is 0 Å². The van der Waals surface area contributed by atoms with Crippen molar-refractivity contribution < 1.29 is 4.39 Å². The van der Waals surface area contributed by atoms with Gasteiger partial charge in [0.15, 0.2) is 0 Å². The van der Waals surface area contributed by atoms with Crippen LogP contribution in [0.4, 0.5) is 4.39 Å². The minimum Gasteiger partial charge on any atom is -0.330 e. The van der Waals surface area contributed by atoms with Crippen molar-refractivity contribution in [3.05, 3.63) is 21.9 Å². The summed E-state index contributed by atoms with van der Waals surface area (Å²) in [4.78, 5) is 1.09. The average molecular weight is 173 g/mol. The number of alkyl halides is 1. The normalized spacial score (nSPS) is 13.4. The van der Waals surface area contributed by atoms with Gasteiger partial charge in [0.05, 0.1) is 6.67 Å². The predicted molar refractivity (Wildman–Crippen MR) is 46.8 cm³/mol. The van der Waals surface area contributed by atoms with Gasteiger partial charge in [0.2, 0.25) is 0 Å². The van der Waals surface area contributed by atoms with Crippen molar-refractivity contribution in [3.8, 4) is 0 Å². The number of aryl methyl sites for hydroxylation is 1. The highest BCUT2D eigenvalue weighted by Crippen LogP contribution is 2.24. The zero-order valence-electron chi connectivity index (χ0n) is 6.51. The summed E-state index contributed by atoms with van der Waals surface area (Å²) in [7, 11) is 0. The van der Waals surface area contributed by atoms with Crippen molar-refractivity contribution in [2.24, 2.45) is 5.73 Å². The maximum Gasteiger partial charge on any atom is 0.0983 e. The number of hydrogen-bond acceptors (Lipinski definition) is 2. The largest absolute Gasteiger partial charge is 0.330 e. The fourth-order valence-corrected chi connectivity index (χ4v) is 2.07. The lowest BCUT2D eigenvalue weighted by Gasteiger charge is -2.08. The molecular formula is C8H12FNS. The highest BCUT2D eigenvalue weighted by Gasteiger charge is 2.12. The molecule has 0 saturated carbocycles. The monoisotopic (exact) mass is 173 g/mol. The van der Waals surface area contributed by atoms with E-state index in [0.29, 0.717) is 6.54 Å². The lowest BCUT2D eigenvalue weighted by atomic mass is 10.1. The summed E-state index contributed by atoms with van der Waals surface area (Å²) in [6.07, 6.45) is 0. The third-order valence-corrected chi connectivity index (χ3v) is 2.92. The second-order valence-electron chi connectivity index (χ2n) is 2.55. The van der Waals surface area contributed by atoms with E-state index in [1.165, 1.54) is 0 Å². The molecule has 1 atom stereocenters. The van der Waals surface area contributed by atoms with E-state index in [4.69, 9.17) is 5.73 Å². The summed E-state index contributed by atoms with van der Waals surface area (Å²) in [5, 5.41) is 1.98. The Kier molecular flexibility index (Phi) is 3.02. The molecule has 0 aromatic carbocycles. The van der Waals surface area contributed by atoms with Gasteiger partial charge in [-0.1, -0.05) is 0 Å². The average Bonchev–Trinajstić information content (AvgIpc) is 2.40. The molecule has 1 unspecified atom stereocenters. The van der Waals surface area contributed by atoms with Crippen LogP contribution in [0.15, 0.2) is 11.4 Å². The molecule has 3 heteroatoms. The summed E-state index contributed by atoms with van der Waals surface area (Å²) in [5.41, 5.74) is 6.57. The van der Waals surface area contributed by atoms with E-state index in [0.717, 1.165) is 10.4 Å². The molecule has 0 aliphatic carbocycles. The molecule has 1 heterocycles. The Morgan fingerprint density at radius 2 is 2.45 bits per heavy atom. The van der Waals surface area contributed by atoms with Gasteiger partial charge in [-0.05, 0) is 23.9 Å². The van der Waals surface area contributed by atoms with Gasteiger partial charge in [0.25, 0.3) is 0 Å². The van der Waals surface area contributed by atoms with Crippen molar-refractivity contribution in [2.45, 2.75) is 12.8 Å². The second kappa shape index (κ2) is 3.83. The summed E-state index contributed by atoms with van der Waals surface area (Å²) >= 11 is 1.59. The quantitative estimate of drug-likeness (QED) is 0.744. The Morgan fingerprint density at radius 1 is 1.73 bits per heavy atom. The topological polar surface area (TPSA) is 26.0 Å². The molecule has 1 rings (SSSR count). The summed E-state index contributed by atoms with van der Waals surface area (Å²) < 4.78 is 12.3. The molecule has 0 amide bonds. The van der Waals surface area contributed by atoms with Gasteiger partial charge in [-0.3, -0.25) is 4.39 Å². The Hall–Kier alpha value is -0.410. The van der Waals surface area contributed by atoms with Gasteiger partial charge < -0.3 is 5.73 Å². The maximum absolute atomic E-state index is 12.3. The third kappa shape index (κ3) is 1.79. The van der Waals surface area contributed by atoms with E-state index in [1.807, 2.05) is 18.4 Å². The van der Waals surface area contributed by atoms with E-state index in [1.54, 1.807) is 11.3 Å². The fraction of sp³-hybridized carbons (Fsp3) is 0.500. The minimum atomic E-state index is -0.349. The van der Waals surface area contributed by atoms with E-state index in [-0.39, 0.29) is 12.6 Å². The van der Waals surface area contributed by atoms with Crippen LogP contribution in [0.5, 0.6) is 0 Å². The third-order valence-electron chi connectivity index (χ3n) is 1.74. The summed E-state index contributed by atoms with van der Waals surface area (Å²) in [5.74, 6) is -0.0880. The zero-order valence-corrected chi connectivity index (χ0v) is 7.33. The van der Waals surface area contributed by atoms with Crippen molar-refractivity contribution in [3.63, 3.8) is 0 Å². The van der Waals surface area contributed by atoms with Crippen LogP contribution >= 0.6 is 11.3 Å². The standard InChI is InChI=1S/C8H12FNS/c1-6-2-3-11-8(6)7(4-9)5-10/h2-3,7H,4-5,10H2,1H3. The smallest absolute Gasteiger partial charge is 0.0983 e. The molecule has 62 valence electrons. The van der Waals surface area contributed by atoms with Crippen molar-refractivity contribution in [1.82, 2.24) is 0 Å². The van der Waals surface area contributed by atoms with Crippen LogP contribution in [-0.2, 0) is 0 Å². The second-order valence-corrected chi connectivity index (χ2v) is 3.50. The molecule has 0 radical (unpaired) electrons. The molecule has 11 heavy (non-hydrogen) atoms. The molecule has 0 bridgehead atoms. The van der Waals surface area contributed by atoms with Crippen LogP contribution in [0.25, 0.3) is 0 Å². The molecule has 0 saturated heterocycles. The lowest BCUT2D eigenvalue weighted by Crippen LogP contribution is -2.13. The van der Waals surface area contributed by atoms with Gasteiger partial charge in [0.1, 0.15) is 0 Å². The molecule has 2 N–H and O–H groups in total. The van der Waals surface area contributed by atoms with Gasteiger partial charge in [0, 0.05) is 17.3 Å². The van der Waals surface area contributed by atoms with E-state index >= 15 is 0 Å². The SMILES string of the molecule is Cc1ccsc1C(CN)CF. The molecule has 0 aliphatic heterocycles.